The SMILES string of the molecule is COc1ccc(-c2cc(C(=O)O)c3cccc(Cl)c3n2)cc1F. The molecule has 0 bridgehead atoms. The fourth-order valence-electron chi connectivity index (χ4n) is 2.36. The molecule has 3 rings (SSSR count). The molecule has 0 spiro atoms. The van der Waals surface area contributed by atoms with E-state index in [1.54, 1.807) is 24.3 Å². The summed E-state index contributed by atoms with van der Waals surface area (Å²) < 4.78 is 18.8. The van der Waals surface area contributed by atoms with Gasteiger partial charge in [0.15, 0.2) is 11.6 Å². The maximum absolute atomic E-state index is 13.9. The summed E-state index contributed by atoms with van der Waals surface area (Å²) in [6.45, 7) is 0. The number of ether oxygens (including phenoxy) is 1. The number of carboxylic acids is 1. The van der Waals surface area contributed by atoms with Gasteiger partial charge in [0.2, 0.25) is 0 Å². The fourth-order valence-corrected chi connectivity index (χ4v) is 2.58. The topological polar surface area (TPSA) is 59.4 Å². The van der Waals surface area contributed by atoms with Crippen molar-refractivity contribution in [1.82, 2.24) is 4.98 Å². The van der Waals surface area contributed by atoms with Crippen LogP contribution in [0.15, 0.2) is 42.5 Å². The third-order valence-corrected chi connectivity index (χ3v) is 3.77. The van der Waals surface area contributed by atoms with E-state index in [0.717, 1.165) is 0 Å². The van der Waals surface area contributed by atoms with E-state index < -0.39 is 11.8 Å². The lowest BCUT2D eigenvalue weighted by molar-refractivity contribution is 0.0699. The number of rotatable bonds is 3. The van der Waals surface area contributed by atoms with E-state index in [9.17, 15) is 14.3 Å². The summed E-state index contributed by atoms with van der Waals surface area (Å²) in [7, 11) is 1.37. The van der Waals surface area contributed by atoms with Gasteiger partial charge in [-0.05, 0) is 30.3 Å². The van der Waals surface area contributed by atoms with Crippen LogP contribution in [0.2, 0.25) is 5.02 Å². The molecule has 0 unspecified atom stereocenters. The molecule has 116 valence electrons. The maximum Gasteiger partial charge on any atom is 0.336 e. The van der Waals surface area contributed by atoms with Crippen LogP contribution in [0.4, 0.5) is 4.39 Å². The lowest BCUT2D eigenvalue weighted by Crippen LogP contribution is -2.01. The van der Waals surface area contributed by atoms with Crippen molar-refractivity contribution in [3.63, 3.8) is 0 Å². The quantitative estimate of drug-likeness (QED) is 0.772. The van der Waals surface area contributed by atoms with Gasteiger partial charge < -0.3 is 9.84 Å². The van der Waals surface area contributed by atoms with Crippen LogP contribution in [0.1, 0.15) is 10.4 Å². The number of carbonyl (C=O) groups is 1. The number of fused-ring (bicyclic) bond motifs is 1. The van der Waals surface area contributed by atoms with Crippen molar-refractivity contribution in [2.24, 2.45) is 0 Å². The van der Waals surface area contributed by atoms with Crippen LogP contribution in [0.5, 0.6) is 5.75 Å². The number of methoxy groups -OCH3 is 1. The average molecular weight is 332 g/mol. The largest absolute Gasteiger partial charge is 0.494 e. The highest BCUT2D eigenvalue weighted by molar-refractivity contribution is 6.35. The summed E-state index contributed by atoms with van der Waals surface area (Å²) in [5.74, 6) is -1.55. The number of hydrogen-bond acceptors (Lipinski definition) is 3. The molecule has 0 fully saturated rings. The Morgan fingerprint density at radius 1 is 1.26 bits per heavy atom. The highest BCUT2D eigenvalue weighted by atomic mass is 35.5. The number of pyridine rings is 1. The van der Waals surface area contributed by atoms with E-state index in [4.69, 9.17) is 16.3 Å². The van der Waals surface area contributed by atoms with Crippen LogP contribution < -0.4 is 4.74 Å². The van der Waals surface area contributed by atoms with Gasteiger partial charge in [-0.15, -0.1) is 0 Å². The van der Waals surface area contributed by atoms with Gasteiger partial charge >= 0.3 is 5.97 Å². The summed E-state index contributed by atoms with van der Waals surface area (Å²) in [6.07, 6.45) is 0. The van der Waals surface area contributed by atoms with Crippen LogP contribution in [-0.2, 0) is 0 Å². The Morgan fingerprint density at radius 2 is 2.04 bits per heavy atom. The summed E-state index contributed by atoms with van der Waals surface area (Å²) in [5, 5.41) is 10.2. The third-order valence-electron chi connectivity index (χ3n) is 3.47. The second kappa shape index (κ2) is 5.85. The van der Waals surface area contributed by atoms with Gasteiger partial charge in [-0.25, -0.2) is 14.2 Å². The van der Waals surface area contributed by atoms with Gasteiger partial charge in [0.1, 0.15) is 0 Å². The van der Waals surface area contributed by atoms with Crippen LogP contribution >= 0.6 is 11.6 Å². The predicted octanol–water partition coefficient (Wildman–Crippen LogP) is 4.40. The first kappa shape index (κ1) is 15.2. The van der Waals surface area contributed by atoms with Crippen LogP contribution in [0.25, 0.3) is 22.2 Å². The molecule has 4 nitrogen and oxygen atoms in total. The van der Waals surface area contributed by atoms with Crippen molar-refractivity contribution in [2.45, 2.75) is 0 Å². The van der Waals surface area contributed by atoms with Gasteiger partial charge in [0, 0.05) is 10.9 Å². The lowest BCUT2D eigenvalue weighted by atomic mass is 10.0. The fraction of sp³-hybridized carbons (Fsp3) is 0.0588. The highest BCUT2D eigenvalue weighted by Crippen LogP contribution is 2.30. The highest BCUT2D eigenvalue weighted by Gasteiger charge is 2.15. The molecule has 1 aromatic heterocycles. The maximum atomic E-state index is 13.9. The van der Waals surface area contributed by atoms with Crippen molar-refractivity contribution in [1.29, 1.82) is 0 Å². The number of benzene rings is 2. The molecule has 0 radical (unpaired) electrons. The first-order valence-corrected chi connectivity index (χ1v) is 7.05. The normalized spacial score (nSPS) is 10.7. The number of carboxylic acid groups (broad SMARTS) is 1. The van der Waals surface area contributed by atoms with Gasteiger partial charge in [-0.2, -0.15) is 0 Å². The molecule has 3 aromatic rings. The van der Waals surface area contributed by atoms with E-state index in [-0.39, 0.29) is 11.3 Å². The van der Waals surface area contributed by atoms with Gasteiger partial charge in [0.25, 0.3) is 0 Å². The lowest BCUT2D eigenvalue weighted by Gasteiger charge is -2.09. The van der Waals surface area contributed by atoms with Crippen LogP contribution in [0, 0.1) is 5.82 Å². The summed E-state index contributed by atoms with van der Waals surface area (Å²) in [4.78, 5) is 15.9. The molecule has 0 aliphatic rings. The molecule has 0 aliphatic carbocycles. The molecule has 0 atom stereocenters. The van der Waals surface area contributed by atoms with E-state index in [1.165, 1.54) is 25.3 Å². The summed E-state index contributed by atoms with van der Waals surface area (Å²) in [6, 6.07) is 10.6. The molecule has 0 saturated carbocycles. The first-order valence-electron chi connectivity index (χ1n) is 6.67. The Morgan fingerprint density at radius 3 is 2.70 bits per heavy atom. The molecule has 1 N–H and O–H groups in total. The number of aromatic carboxylic acids is 1. The molecule has 1 heterocycles. The van der Waals surface area contributed by atoms with Crippen molar-refractivity contribution in [3.8, 4) is 17.0 Å². The first-order chi connectivity index (χ1) is 11.0. The molecule has 0 saturated heterocycles. The number of nitrogens with zero attached hydrogens (tertiary/aromatic N) is 1. The molecular weight excluding hydrogens is 321 g/mol. The Labute approximate surface area is 136 Å². The Bertz CT molecular complexity index is 927. The van der Waals surface area contributed by atoms with E-state index >= 15 is 0 Å². The summed E-state index contributed by atoms with van der Waals surface area (Å²) >= 11 is 6.12. The molecule has 0 amide bonds. The third kappa shape index (κ3) is 2.71. The Hall–Kier alpha value is -2.66. The van der Waals surface area contributed by atoms with Gasteiger partial charge in [0.05, 0.1) is 28.9 Å². The Balaban J connectivity index is 2.28. The molecule has 2 aromatic carbocycles. The van der Waals surface area contributed by atoms with Crippen molar-refractivity contribution >= 4 is 28.5 Å². The zero-order chi connectivity index (χ0) is 16.6. The minimum atomic E-state index is -1.10. The average Bonchev–Trinajstić information content (AvgIpc) is 2.54. The number of para-hydroxylation sites is 1. The molecular formula is C17H11ClFNO3. The smallest absolute Gasteiger partial charge is 0.336 e. The zero-order valence-electron chi connectivity index (χ0n) is 12.0. The summed E-state index contributed by atoms with van der Waals surface area (Å²) in [5.41, 5.74) is 1.18. The number of halogens is 2. The van der Waals surface area contributed by atoms with Gasteiger partial charge in [-0.3, -0.25) is 0 Å². The van der Waals surface area contributed by atoms with E-state index in [1.807, 2.05) is 0 Å². The van der Waals surface area contributed by atoms with Crippen molar-refractivity contribution < 1.29 is 19.0 Å². The minimum absolute atomic E-state index is 0.0590. The van der Waals surface area contributed by atoms with E-state index in [0.29, 0.717) is 27.2 Å². The number of hydrogen-bond donors (Lipinski definition) is 1. The van der Waals surface area contributed by atoms with E-state index in [2.05, 4.69) is 4.98 Å². The van der Waals surface area contributed by atoms with Crippen LogP contribution in [0.3, 0.4) is 0 Å². The van der Waals surface area contributed by atoms with Crippen molar-refractivity contribution in [3.05, 3.63) is 58.9 Å². The minimum Gasteiger partial charge on any atom is -0.494 e. The number of aromatic nitrogens is 1. The molecule has 0 aliphatic heterocycles. The monoisotopic (exact) mass is 331 g/mol. The van der Waals surface area contributed by atoms with Gasteiger partial charge in [-0.1, -0.05) is 23.7 Å². The van der Waals surface area contributed by atoms with Crippen LogP contribution in [-0.4, -0.2) is 23.2 Å². The predicted molar refractivity (Wildman–Crippen MR) is 85.7 cm³/mol. The molecule has 6 heteroatoms. The zero-order valence-corrected chi connectivity index (χ0v) is 12.8. The second-order valence-corrected chi connectivity index (χ2v) is 5.25. The second-order valence-electron chi connectivity index (χ2n) is 4.85. The Kier molecular flexibility index (Phi) is 3.88. The molecule has 23 heavy (non-hydrogen) atoms. The van der Waals surface area contributed by atoms with Crippen molar-refractivity contribution in [2.75, 3.05) is 7.11 Å². The standard InChI is InChI=1S/C17H11ClFNO3/c1-23-15-6-5-9(7-13(15)19)14-8-11(17(21)22)10-3-2-4-12(18)16(10)20-14/h2-8H,1H3,(H,21,22).